The first-order chi connectivity index (χ1) is 6.97. The maximum atomic E-state index is 11.6. The Kier molecular flexibility index (Phi) is 4.45. The van der Waals surface area contributed by atoms with Crippen molar-refractivity contribution in [1.82, 2.24) is 5.32 Å². The highest BCUT2D eigenvalue weighted by atomic mass is 35.5. The lowest BCUT2D eigenvalue weighted by atomic mass is 10.1. The number of carbonyl (C=O) groups excluding carboxylic acids is 1. The summed E-state index contributed by atoms with van der Waals surface area (Å²) in [4.78, 5) is 11.6. The van der Waals surface area contributed by atoms with Crippen LogP contribution in [0, 0.1) is 17.3 Å². The van der Waals surface area contributed by atoms with Crippen molar-refractivity contribution in [1.29, 1.82) is 0 Å². The summed E-state index contributed by atoms with van der Waals surface area (Å²) in [7, 11) is 0. The molecule has 0 bridgehead atoms. The Morgan fingerprint density at radius 2 is 2.20 bits per heavy atom. The van der Waals surface area contributed by atoms with Crippen LogP contribution in [-0.2, 0) is 4.79 Å². The van der Waals surface area contributed by atoms with Crippen molar-refractivity contribution in [2.45, 2.75) is 40.0 Å². The quantitative estimate of drug-likeness (QED) is 0.553. The number of carbonyl (C=O) groups is 1. The van der Waals surface area contributed by atoms with Gasteiger partial charge in [0.25, 0.3) is 0 Å². The summed E-state index contributed by atoms with van der Waals surface area (Å²) in [5, 5.41) is 3.00. The van der Waals surface area contributed by atoms with Crippen LogP contribution < -0.4 is 5.32 Å². The first-order valence-electron chi connectivity index (χ1n) is 5.81. The molecule has 0 aliphatic heterocycles. The van der Waals surface area contributed by atoms with E-state index in [-0.39, 0.29) is 17.2 Å². The van der Waals surface area contributed by atoms with Gasteiger partial charge in [0.15, 0.2) is 0 Å². The molecule has 0 heterocycles. The third kappa shape index (κ3) is 4.02. The molecule has 88 valence electrons. The van der Waals surface area contributed by atoms with Gasteiger partial charge in [-0.25, -0.2) is 0 Å². The molecule has 0 aromatic carbocycles. The number of hydrogen-bond acceptors (Lipinski definition) is 1. The van der Waals surface area contributed by atoms with E-state index in [1.54, 1.807) is 0 Å². The van der Waals surface area contributed by atoms with Crippen molar-refractivity contribution in [3.8, 4) is 0 Å². The molecule has 0 aromatic heterocycles. The topological polar surface area (TPSA) is 29.1 Å². The summed E-state index contributed by atoms with van der Waals surface area (Å²) in [5.41, 5.74) is 0.244. The second-order valence-corrected chi connectivity index (χ2v) is 5.75. The molecule has 0 radical (unpaired) electrons. The van der Waals surface area contributed by atoms with Gasteiger partial charge in [0.05, 0.1) is 0 Å². The molecule has 0 saturated heterocycles. The van der Waals surface area contributed by atoms with Crippen LogP contribution in [0.2, 0.25) is 0 Å². The fourth-order valence-corrected chi connectivity index (χ4v) is 1.93. The zero-order chi connectivity index (χ0) is 11.5. The lowest BCUT2D eigenvalue weighted by Crippen LogP contribution is -2.27. The van der Waals surface area contributed by atoms with E-state index >= 15 is 0 Å². The van der Waals surface area contributed by atoms with Gasteiger partial charge in [-0.15, -0.1) is 11.6 Å². The Morgan fingerprint density at radius 3 is 2.67 bits per heavy atom. The first kappa shape index (κ1) is 12.8. The van der Waals surface area contributed by atoms with Crippen molar-refractivity contribution in [3.63, 3.8) is 0 Å². The minimum Gasteiger partial charge on any atom is -0.356 e. The van der Waals surface area contributed by atoms with E-state index in [1.165, 1.54) is 0 Å². The molecule has 1 N–H and O–H groups in total. The minimum atomic E-state index is 0.235. The van der Waals surface area contributed by atoms with E-state index in [1.807, 2.05) is 0 Å². The van der Waals surface area contributed by atoms with Gasteiger partial charge in [-0.1, -0.05) is 20.8 Å². The van der Waals surface area contributed by atoms with E-state index in [9.17, 15) is 4.79 Å². The van der Waals surface area contributed by atoms with Crippen LogP contribution in [0.15, 0.2) is 0 Å². The van der Waals surface area contributed by atoms with Crippen LogP contribution in [0.25, 0.3) is 0 Å². The van der Waals surface area contributed by atoms with Crippen LogP contribution in [0.5, 0.6) is 0 Å². The van der Waals surface area contributed by atoms with Gasteiger partial charge in [-0.2, -0.15) is 0 Å². The smallest absolute Gasteiger partial charge is 0.223 e. The van der Waals surface area contributed by atoms with Crippen molar-refractivity contribution < 1.29 is 4.79 Å². The summed E-state index contributed by atoms with van der Waals surface area (Å²) in [5.74, 6) is 1.76. The molecule has 1 aliphatic carbocycles. The number of hydrogen-bond donors (Lipinski definition) is 1. The van der Waals surface area contributed by atoms with E-state index in [2.05, 4.69) is 26.1 Å². The fourth-order valence-electron chi connectivity index (χ4n) is 1.78. The highest BCUT2D eigenvalue weighted by molar-refractivity contribution is 6.18. The van der Waals surface area contributed by atoms with Gasteiger partial charge in [0.2, 0.25) is 5.91 Å². The largest absolute Gasteiger partial charge is 0.356 e. The highest BCUT2D eigenvalue weighted by Crippen LogP contribution is 2.51. The molecular formula is C12H22ClNO. The Balaban J connectivity index is 2.04. The van der Waals surface area contributed by atoms with Gasteiger partial charge >= 0.3 is 0 Å². The molecular weight excluding hydrogens is 210 g/mol. The van der Waals surface area contributed by atoms with Crippen molar-refractivity contribution in [2.24, 2.45) is 17.3 Å². The Morgan fingerprint density at radius 1 is 1.60 bits per heavy atom. The molecule has 0 aromatic rings. The average Bonchev–Trinajstić information content (AvgIpc) is 2.82. The molecule has 1 fully saturated rings. The average molecular weight is 232 g/mol. The number of rotatable bonds is 6. The second-order valence-electron chi connectivity index (χ2n) is 5.44. The zero-order valence-electron chi connectivity index (χ0n) is 9.98. The SMILES string of the molecule is CC(CCl)CCCNC(=O)C1CC1(C)C. The normalized spacial score (nSPS) is 24.7. The van der Waals surface area contributed by atoms with Crippen LogP contribution in [0.1, 0.15) is 40.0 Å². The molecule has 15 heavy (non-hydrogen) atoms. The second kappa shape index (κ2) is 5.20. The Hall–Kier alpha value is -0.240. The summed E-state index contributed by atoms with van der Waals surface area (Å²) >= 11 is 5.70. The molecule has 2 nitrogen and oxygen atoms in total. The fraction of sp³-hybridized carbons (Fsp3) is 0.917. The van der Waals surface area contributed by atoms with Gasteiger partial charge in [-0.05, 0) is 30.6 Å². The monoisotopic (exact) mass is 231 g/mol. The van der Waals surface area contributed by atoms with E-state index in [4.69, 9.17) is 11.6 Å². The first-order valence-corrected chi connectivity index (χ1v) is 6.34. The van der Waals surface area contributed by atoms with Crippen molar-refractivity contribution in [2.75, 3.05) is 12.4 Å². The summed E-state index contributed by atoms with van der Waals surface area (Å²) in [6, 6.07) is 0. The number of nitrogens with one attached hydrogen (secondary N) is 1. The summed E-state index contributed by atoms with van der Waals surface area (Å²) in [6.07, 6.45) is 3.17. The maximum Gasteiger partial charge on any atom is 0.223 e. The lowest BCUT2D eigenvalue weighted by Gasteiger charge is -2.08. The van der Waals surface area contributed by atoms with Gasteiger partial charge in [-0.3, -0.25) is 4.79 Å². The number of amides is 1. The standard InChI is InChI=1S/C12H22ClNO/c1-9(8-13)5-4-6-14-11(15)10-7-12(10,2)3/h9-10H,4-8H2,1-3H3,(H,14,15). The predicted octanol–water partition coefficient (Wildman–Crippen LogP) is 2.80. The summed E-state index contributed by atoms with van der Waals surface area (Å²) in [6.45, 7) is 7.23. The Bertz CT molecular complexity index is 228. The molecule has 1 rings (SSSR count). The Labute approximate surface area is 97.8 Å². The van der Waals surface area contributed by atoms with E-state index < -0.39 is 0 Å². The number of alkyl halides is 1. The molecule has 1 amide bonds. The molecule has 3 heteroatoms. The molecule has 0 spiro atoms. The van der Waals surface area contributed by atoms with Crippen molar-refractivity contribution in [3.05, 3.63) is 0 Å². The molecule has 1 saturated carbocycles. The number of halogens is 1. The molecule has 2 unspecified atom stereocenters. The molecule has 2 atom stereocenters. The minimum absolute atomic E-state index is 0.235. The van der Waals surface area contributed by atoms with E-state index in [0.717, 1.165) is 25.8 Å². The predicted molar refractivity (Wildman–Crippen MR) is 64.0 cm³/mol. The van der Waals surface area contributed by atoms with Gasteiger partial charge < -0.3 is 5.32 Å². The summed E-state index contributed by atoms with van der Waals surface area (Å²) < 4.78 is 0. The van der Waals surface area contributed by atoms with Gasteiger partial charge in [0, 0.05) is 18.3 Å². The van der Waals surface area contributed by atoms with Crippen LogP contribution >= 0.6 is 11.6 Å². The van der Waals surface area contributed by atoms with Crippen LogP contribution in [-0.4, -0.2) is 18.3 Å². The third-order valence-corrected chi connectivity index (χ3v) is 3.79. The molecule has 1 aliphatic rings. The van der Waals surface area contributed by atoms with Crippen LogP contribution in [0.4, 0.5) is 0 Å². The highest BCUT2D eigenvalue weighted by Gasteiger charge is 2.50. The lowest BCUT2D eigenvalue weighted by molar-refractivity contribution is -0.122. The maximum absolute atomic E-state index is 11.6. The van der Waals surface area contributed by atoms with E-state index in [0.29, 0.717) is 11.8 Å². The van der Waals surface area contributed by atoms with Crippen molar-refractivity contribution >= 4 is 17.5 Å². The third-order valence-electron chi connectivity index (χ3n) is 3.27. The van der Waals surface area contributed by atoms with Gasteiger partial charge in [0.1, 0.15) is 0 Å². The zero-order valence-corrected chi connectivity index (χ0v) is 10.7. The van der Waals surface area contributed by atoms with Crippen LogP contribution in [0.3, 0.4) is 0 Å².